The minimum absolute atomic E-state index is 0.323. The molecule has 0 aliphatic heterocycles. The van der Waals surface area contributed by atoms with Gasteiger partial charge in [0.25, 0.3) is 5.22 Å². The third-order valence-corrected chi connectivity index (χ3v) is 2.75. The second-order valence-corrected chi connectivity index (χ2v) is 4.12. The Morgan fingerprint density at radius 1 is 1.29 bits per heavy atom. The van der Waals surface area contributed by atoms with Crippen molar-refractivity contribution in [1.29, 1.82) is 0 Å². The summed E-state index contributed by atoms with van der Waals surface area (Å²) in [7, 11) is 0. The summed E-state index contributed by atoms with van der Waals surface area (Å²) in [5, 5.41) is 8.30. The molecule has 1 rings (SSSR count). The maximum absolute atomic E-state index is 5.35. The van der Waals surface area contributed by atoms with E-state index in [4.69, 9.17) is 10.2 Å². The Kier molecular flexibility index (Phi) is 5.63. The van der Waals surface area contributed by atoms with Gasteiger partial charge in [-0.25, -0.2) is 0 Å². The van der Waals surface area contributed by atoms with Gasteiger partial charge in [0.1, 0.15) is 0 Å². The molecule has 1 aromatic heterocycles. The van der Waals surface area contributed by atoms with Crippen molar-refractivity contribution in [2.75, 3.05) is 5.75 Å². The van der Waals surface area contributed by atoms with Gasteiger partial charge >= 0.3 is 0 Å². The molecule has 1 heterocycles. The van der Waals surface area contributed by atoms with Gasteiger partial charge in [-0.2, -0.15) is 0 Å². The number of unbranched alkanes of at least 4 members (excludes halogenated alkanes) is 3. The predicted octanol–water partition coefficient (Wildman–Crippen LogP) is 2.20. The number of hydrogen-bond acceptors (Lipinski definition) is 5. The van der Waals surface area contributed by atoms with Crippen LogP contribution < -0.4 is 5.73 Å². The highest BCUT2D eigenvalue weighted by atomic mass is 32.2. The number of aromatic nitrogens is 2. The monoisotopic (exact) mass is 215 g/mol. The van der Waals surface area contributed by atoms with E-state index in [9.17, 15) is 0 Å². The molecule has 0 atom stereocenters. The van der Waals surface area contributed by atoms with Crippen molar-refractivity contribution >= 4 is 11.8 Å². The van der Waals surface area contributed by atoms with Crippen molar-refractivity contribution < 1.29 is 4.42 Å². The Morgan fingerprint density at radius 3 is 2.79 bits per heavy atom. The van der Waals surface area contributed by atoms with Crippen LogP contribution in [-0.2, 0) is 6.54 Å². The summed E-state index contributed by atoms with van der Waals surface area (Å²) in [5.74, 6) is 1.56. The lowest BCUT2D eigenvalue weighted by Crippen LogP contribution is -1.95. The first kappa shape index (κ1) is 11.5. The highest BCUT2D eigenvalue weighted by Gasteiger charge is 2.03. The maximum Gasteiger partial charge on any atom is 0.276 e. The maximum atomic E-state index is 5.35. The van der Waals surface area contributed by atoms with E-state index in [1.807, 2.05) is 0 Å². The molecule has 0 amide bonds. The van der Waals surface area contributed by atoms with Crippen LogP contribution in [0.25, 0.3) is 0 Å². The summed E-state index contributed by atoms with van der Waals surface area (Å²) < 4.78 is 5.26. The van der Waals surface area contributed by atoms with Gasteiger partial charge in [0.15, 0.2) is 0 Å². The normalized spacial score (nSPS) is 10.7. The van der Waals surface area contributed by atoms with Gasteiger partial charge < -0.3 is 10.2 Å². The zero-order chi connectivity index (χ0) is 10.2. The van der Waals surface area contributed by atoms with Crippen molar-refractivity contribution in [3.8, 4) is 0 Å². The lowest BCUT2D eigenvalue weighted by molar-refractivity contribution is 0.414. The second kappa shape index (κ2) is 6.84. The molecule has 1 aromatic rings. The summed E-state index contributed by atoms with van der Waals surface area (Å²) in [6.07, 6.45) is 5.06. The Hall–Kier alpha value is -0.550. The van der Waals surface area contributed by atoms with Crippen LogP contribution in [-0.4, -0.2) is 16.0 Å². The van der Waals surface area contributed by atoms with Gasteiger partial charge in [-0.05, 0) is 6.42 Å². The van der Waals surface area contributed by atoms with Crippen molar-refractivity contribution in [2.24, 2.45) is 5.73 Å². The highest BCUT2D eigenvalue weighted by molar-refractivity contribution is 7.99. The second-order valence-electron chi connectivity index (χ2n) is 3.07. The molecule has 0 bridgehead atoms. The van der Waals surface area contributed by atoms with E-state index in [0.717, 1.165) is 5.75 Å². The zero-order valence-electron chi connectivity index (χ0n) is 8.53. The number of hydrogen-bond donors (Lipinski definition) is 1. The molecular formula is C9H17N3OS. The quantitative estimate of drug-likeness (QED) is 0.558. The van der Waals surface area contributed by atoms with Crippen molar-refractivity contribution in [3.63, 3.8) is 0 Å². The summed E-state index contributed by atoms with van der Waals surface area (Å²) in [6.45, 7) is 2.53. The standard InChI is InChI=1S/C9H17N3OS/c1-2-3-4-5-6-14-9-12-11-8(7-10)13-9/h2-7,10H2,1H3. The fourth-order valence-electron chi connectivity index (χ4n) is 1.07. The Morgan fingerprint density at radius 2 is 2.14 bits per heavy atom. The molecule has 0 aromatic carbocycles. The first-order valence-electron chi connectivity index (χ1n) is 5.02. The molecule has 0 radical (unpaired) electrons. The summed E-state index contributed by atoms with van der Waals surface area (Å²) in [4.78, 5) is 0. The number of thioether (sulfide) groups is 1. The third kappa shape index (κ3) is 4.11. The fourth-order valence-corrected chi connectivity index (χ4v) is 1.84. The highest BCUT2D eigenvalue weighted by Crippen LogP contribution is 2.17. The minimum Gasteiger partial charge on any atom is -0.415 e. The first-order chi connectivity index (χ1) is 6.86. The van der Waals surface area contributed by atoms with Crippen LogP contribution in [0.5, 0.6) is 0 Å². The smallest absolute Gasteiger partial charge is 0.276 e. The van der Waals surface area contributed by atoms with Crippen LogP contribution in [0.4, 0.5) is 0 Å². The molecule has 14 heavy (non-hydrogen) atoms. The molecule has 4 nitrogen and oxygen atoms in total. The van der Waals surface area contributed by atoms with E-state index in [2.05, 4.69) is 17.1 Å². The predicted molar refractivity (Wildman–Crippen MR) is 57.1 cm³/mol. The van der Waals surface area contributed by atoms with Crippen LogP contribution >= 0.6 is 11.8 Å². The summed E-state index contributed by atoms with van der Waals surface area (Å²) in [6, 6.07) is 0. The Bertz CT molecular complexity index is 252. The van der Waals surface area contributed by atoms with E-state index in [1.165, 1.54) is 25.7 Å². The van der Waals surface area contributed by atoms with Crippen LogP contribution in [0.1, 0.15) is 38.5 Å². The average Bonchev–Trinajstić information content (AvgIpc) is 2.65. The lowest BCUT2D eigenvalue weighted by Gasteiger charge is -1.95. The van der Waals surface area contributed by atoms with E-state index in [0.29, 0.717) is 17.7 Å². The van der Waals surface area contributed by atoms with Gasteiger partial charge in [0.2, 0.25) is 5.89 Å². The number of rotatable bonds is 7. The van der Waals surface area contributed by atoms with Crippen molar-refractivity contribution in [3.05, 3.63) is 5.89 Å². The molecule has 0 unspecified atom stereocenters. The van der Waals surface area contributed by atoms with Crippen LogP contribution in [0.2, 0.25) is 0 Å². The molecule has 5 heteroatoms. The van der Waals surface area contributed by atoms with E-state index < -0.39 is 0 Å². The molecule has 80 valence electrons. The summed E-state index contributed by atoms with van der Waals surface area (Å²) in [5.41, 5.74) is 5.35. The lowest BCUT2D eigenvalue weighted by atomic mass is 10.2. The largest absolute Gasteiger partial charge is 0.415 e. The molecule has 0 fully saturated rings. The molecule has 0 spiro atoms. The number of nitrogens with two attached hydrogens (primary N) is 1. The molecular weight excluding hydrogens is 198 g/mol. The number of nitrogens with zero attached hydrogens (tertiary/aromatic N) is 2. The average molecular weight is 215 g/mol. The molecule has 0 aliphatic carbocycles. The van der Waals surface area contributed by atoms with E-state index in [-0.39, 0.29) is 0 Å². The van der Waals surface area contributed by atoms with Gasteiger partial charge in [-0.1, -0.05) is 37.9 Å². The van der Waals surface area contributed by atoms with E-state index in [1.54, 1.807) is 11.8 Å². The molecule has 0 saturated heterocycles. The zero-order valence-corrected chi connectivity index (χ0v) is 9.35. The van der Waals surface area contributed by atoms with Crippen LogP contribution in [0.15, 0.2) is 9.64 Å². The SMILES string of the molecule is CCCCCCSc1nnc(CN)o1. The van der Waals surface area contributed by atoms with Gasteiger partial charge in [0.05, 0.1) is 6.54 Å². The third-order valence-electron chi connectivity index (χ3n) is 1.85. The fraction of sp³-hybridized carbons (Fsp3) is 0.778. The van der Waals surface area contributed by atoms with Gasteiger partial charge in [-0.15, -0.1) is 10.2 Å². The molecule has 0 aliphatic rings. The van der Waals surface area contributed by atoms with E-state index >= 15 is 0 Å². The summed E-state index contributed by atoms with van der Waals surface area (Å²) >= 11 is 1.61. The van der Waals surface area contributed by atoms with Gasteiger partial charge in [0, 0.05) is 5.75 Å². The van der Waals surface area contributed by atoms with Crippen molar-refractivity contribution in [1.82, 2.24) is 10.2 Å². The Balaban J connectivity index is 2.12. The van der Waals surface area contributed by atoms with Crippen molar-refractivity contribution in [2.45, 2.75) is 44.4 Å². The van der Waals surface area contributed by atoms with Gasteiger partial charge in [-0.3, -0.25) is 0 Å². The first-order valence-corrected chi connectivity index (χ1v) is 6.00. The molecule has 0 saturated carbocycles. The topological polar surface area (TPSA) is 64.9 Å². The van der Waals surface area contributed by atoms with Crippen LogP contribution in [0.3, 0.4) is 0 Å². The minimum atomic E-state index is 0.323. The van der Waals surface area contributed by atoms with Crippen LogP contribution in [0, 0.1) is 0 Å². The molecule has 2 N–H and O–H groups in total. The Labute approximate surface area is 88.7 Å².